The van der Waals surface area contributed by atoms with Crippen molar-refractivity contribution in [2.75, 3.05) is 16.8 Å². The lowest BCUT2D eigenvalue weighted by atomic mass is 9.88. The Kier molecular flexibility index (Phi) is 3.88. The first-order chi connectivity index (χ1) is 7.96. The van der Waals surface area contributed by atoms with E-state index < -0.39 is 0 Å². The zero-order chi connectivity index (χ0) is 12.5. The Morgan fingerprint density at radius 3 is 2.94 bits per heavy atom. The Bertz CT molecular complexity index is 408. The van der Waals surface area contributed by atoms with E-state index in [1.165, 1.54) is 17.9 Å². The molecular formula is C13H17ClFNS. The normalized spacial score (nSPS) is 23.4. The molecule has 1 aliphatic heterocycles. The predicted molar refractivity (Wildman–Crippen MR) is 74.5 cm³/mol. The summed E-state index contributed by atoms with van der Waals surface area (Å²) in [5.74, 6) is 1.98. The summed E-state index contributed by atoms with van der Waals surface area (Å²) in [7, 11) is 0. The van der Waals surface area contributed by atoms with Crippen molar-refractivity contribution in [1.29, 1.82) is 0 Å². The standard InChI is InChI=1S/C13H17ClFNS/c1-13(2)6-10(7-17-8-13)16-12-5-9(15)3-4-11(12)14/h3-5,10,16H,6-8H2,1-2H3. The molecule has 0 aliphatic carbocycles. The van der Waals surface area contributed by atoms with Crippen LogP contribution in [0.4, 0.5) is 10.1 Å². The molecule has 0 amide bonds. The smallest absolute Gasteiger partial charge is 0.125 e. The lowest BCUT2D eigenvalue weighted by Crippen LogP contribution is -2.35. The maximum Gasteiger partial charge on any atom is 0.125 e. The van der Waals surface area contributed by atoms with Gasteiger partial charge in [0.15, 0.2) is 0 Å². The highest BCUT2D eigenvalue weighted by Gasteiger charge is 2.28. The largest absolute Gasteiger partial charge is 0.380 e. The van der Waals surface area contributed by atoms with E-state index in [-0.39, 0.29) is 5.82 Å². The minimum absolute atomic E-state index is 0.250. The highest BCUT2D eigenvalue weighted by Crippen LogP contribution is 2.35. The van der Waals surface area contributed by atoms with Crippen molar-refractivity contribution in [2.45, 2.75) is 26.3 Å². The molecule has 2 rings (SSSR count). The van der Waals surface area contributed by atoms with E-state index in [2.05, 4.69) is 19.2 Å². The van der Waals surface area contributed by atoms with E-state index in [4.69, 9.17) is 11.6 Å². The van der Waals surface area contributed by atoms with Gasteiger partial charge in [-0.1, -0.05) is 25.4 Å². The first kappa shape index (κ1) is 13.0. The lowest BCUT2D eigenvalue weighted by Gasteiger charge is -2.35. The Morgan fingerprint density at radius 2 is 2.24 bits per heavy atom. The first-order valence-electron chi connectivity index (χ1n) is 5.76. The second-order valence-electron chi connectivity index (χ2n) is 5.35. The van der Waals surface area contributed by atoms with Gasteiger partial charge in [-0.05, 0) is 35.8 Å². The quantitative estimate of drug-likeness (QED) is 0.856. The van der Waals surface area contributed by atoms with E-state index in [1.807, 2.05) is 11.8 Å². The molecule has 0 bridgehead atoms. The third kappa shape index (κ3) is 3.52. The highest BCUT2D eigenvalue weighted by molar-refractivity contribution is 7.99. The zero-order valence-electron chi connectivity index (χ0n) is 10.1. The van der Waals surface area contributed by atoms with Crippen LogP contribution in [0.5, 0.6) is 0 Å². The van der Waals surface area contributed by atoms with Gasteiger partial charge in [0.2, 0.25) is 0 Å². The van der Waals surface area contributed by atoms with Crippen molar-refractivity contribution in [3.05, 3.63) is 29.0 Å². The molecule has 1 aromatic rings. The average Bonchev–Trinajstić information content (AvgIpc) is 2.22. The van der Waals surface area contributed by atoms with E-state index in [9.17, 15) is 4.39 Å². The van der Waals surface area contributed by atoms with Crippen LogP contribution in [-0.2, 0) is 0 Å². The summed E-state index contributed by atoms with van der Waals surface area (Å²) in [6.07, 6.45) is 1.09. The summed E-state index contributed by atoms with van der Waals surface area (Å²) in [5.41, 5.74) is 1.04. The molecule has 1 aromatic carbocycles. The van der Waals surface area contributed by atoms with Crippen molar-refractivity contribution in [1.82, 2.24) is 0 Å². The number of hydrogen-bond acceptors (Lipinski definition) is 2. The van der Waals surface area contributed by atoms with Crippen LogP contribution >= 0.6 is 23.4 Å². The highest BCUT2D eigenvalue weighted by atomic mass is 35.5. The van der Waals surface area contributed by atoms with Gasteiger partial charge in [-0.15, -0.1) is 0 Å². The SMILES string of the molecule is CC1(C)CSCC(Nc2cc(F)ccc2Cl)C1. The van der Waals surface area contributed by atoms with Crippen LogP contribution in [-0.4, -0.2) is 17.5 Å². The monoisotopic (exact) mass is 273 g/mol. The van der Waals surface area contributed by atoms with Crippen LogP contribution in [0.1, 0.15) is 20.3 Å². The molecule has 4 heteroatoms. The molecular weight excluding hydrogens is 257 g/mol. The van der Waals surface area contributed by atoms with Gasteiger partial charge < -0.3 is 5.32 Å². The van der Waals surface area contributed by atoms with Gasteiger partial charge in [0, 0.05) is 11.8 Å². The van der Waals surface area contributed by atoms with Crippen LogP contribution in [0.2, 0.25) is 5.02 Å². The Labute approximate surface area is 111 Å². The summed E-state index contributed by atoms with van der Waals surface area (Å²) >= 11 is 7.99. The number of thioether (sulfide) groups is 1. The fourth-order valence-corrected chi connectivity index (χ4v) is 3.63. The predicted octanol–water partition coefficient (Wildman–Crippen LogP) is 4.42. The molecule has 1 fully saturated rings. The number of rotatable bonds is 2. The van der Waals surface area contributed by atoms with Gasteiger partial charge in [-0.3, -0.25) is 0 Å². The van der Waals surface area contributed by atoms with E-state index >= 15 is 0 Å². The molecule has 1 nitrogen and oxygen atoms in total. The summed E-state index contributed by atoms with van der Waals surface area (Å²) in [5, 5.41) is 3.94. The molecule has 1 unspecified atom stereocenters. The minimum Gasteiger partial charge on any atom is -0.380 e. The van der Waals surface area contributed by atoms with Crippen molar-refractivity contribution in [3.63, 3.8) is 0 Å². The van der Waals surface area contributed by atoms with Crippen molar-refractivity contribution >= 4 is 29.1 Å². The summed E-state index contributed by atoms with van der Waals surface area (Å²) in [6.45, 7) is 4.53. The number of anilines is 1. The van der Waals surface area contributed by atoms with Gasteiger partial charge >= 0.3 is 0 Å². The number of hydrogen-bond donors (Lipinski definition) is 1. The van der Waals surface area contributed by atoms with Crippen LogP contribution in [0.15, 0.2) is 18.2 Å². The van der Waals surface area contributed by atoms with Crippen LogP contribution in [0, 0.1) is 11.2 Å². The molecule has 1 heterocycles. The molecule has 1 saturated heterocycles. The van der Waals surface area contributed by atoms with Gasteiger partial charge in [-0.2, -0.15) is 11.8 Å². The Balaban J connectivity index is 2.07. The third-order valence-electron chi connectivity index (χ3n) is 2.90. The molecule has 0 spiro atoms. The van der Waals surface area contributed by atoms with Gasteiger partial charge in [0.05, 0.1) is 10.7 Å². The summed E-state index contributed by atoms with van der Waals surface area (Å²) in [6, 6.07) is 4.81. The lowest BCUT2D eigenvalue weighted by molar-refractivity contribution is 0.358. The third-order valence-corrected chi connectivity index (χ3v) is 4.85. The summed E-state index contributed by atoms with van der Waals surface area (Å²) < 4.78 is 13.1. The topological polar surface area (TPSA) is 12.0 Å². The van der Waals surface area contributed by atoms with Crippen molar-refractivity contribution < 1.29 is 4.39 Å². The average molecular weight is 274 g/mol. The molecule has 0 saturated carbocycles. The molecule has 1 aliphatic rings. The van der Waals surface area contributed by atoms with Gasteiger partial charge in [-0.25, -0.2) is 4.39 Å². The van der Waals surface area contributed by atoms with E-state index in [0.717, 1.165) is 12.2 Å². The molecule has 94 valence electrons. The van der Waals surface area contributed by atoms with Crippen molar-refractivity contribution in [3.8, 4) is 0 Å². The zero-order valence-corrected chi connectivity index (χ0v) is 11.7. The molecule has 17 heavy (non-hydrogen) atoms. The fourth-order valence-electron chi connectivity index (χ4n) is 2.18. The number of benzene rings is 1. The second kappa shape index (κ2) is 5.07. The van der Waals surface area contributed by atoms with Crippen LogP contribution in [0.25, 0.3) is 0 Å². The van der Waals surface area contributed by atoms with Gasteiger partial charge in [0.25, 0.3) is 0 Å². The maximum atomic E-state index is 13.1. The number of nitrogens with one attached hydrogen (secondary N) is 1. The minimum atomic E-state index is -0.250. The number of halogens is 2. The van der Waals surface area contributed by atoms with Crippen LogP contribution in [0.3, 0.4) is 0 Å². The fraction of sp³-hybridized carbons (Fsp3) is 0.538. The molecule has 0 radical (unpaired) electrons. The van der Waals surface area contributed by atoms with E-state index in [0.29, 0.717) is 22.2 Å². The van der Waals surface area contributed by atoms with Crippen molar-refractivity contribution in [2.24, 2.45) is 5.41 Å². The first-order valence-corrected chi connectivity index (χ1v) is 7.29. The van der Waals surface area contributed by atoms with E-state index in [1.54, 1.807) is 6.07 Å². The molecule has 1 N–H and O–H groups in total. The summed E-state index contributed by atoms with van der Waals surface area (Å²) in [4.78, 5) is 0. The molecule has 1 atom stereocenters. The second-order valence-corrected chi connectivity index (χ2v) is 6.79. The van der Waals surface area contributed by atoms with Gasteiger partial charge in [0.1, 0.15) is 5.82 Å². The maximum absolute atomic E-state index is 13.1. The Hall–Kier alpha value is -0.410. The van der Waals surface area contributed by atoms with Crippen LogP contribution < -0.4 is 5.32 Å². The molecule has 0 aromatic heterocycles. The Morgan fingerprint density at radius 1 is 1.47 bits per heavy atom.